The Bertz CT molecular complexity index is 801. The number of carbonyl (C=O) groups is 3. The van der Waals surface area contributed by atoms with Gasteiger partial charge in [-0.05, 0) is 0 Å². The van der Waals surface area contributed by atoms with Gasteiger partial charge in [0.15, 0.2) is 17.3 Å². The van der Waals surface area contributed by atoms with E-state index >= 15 is 0 Å². The molecule has 0 saturated heterocycles. The van der Waals surface area contributed by atoms with Gasteiger partial charge in [-0.25, -0.2) is 0 Å². The van der Waals surface area contributed by atoms with Crippen LogP contribution in [0.3, 0.4) is 0 Å². The van der Waals surface area contributed by atoms with E-state index in [-0.39, 0.29) is 97.8 Å². The van der Waals surface area contributed by atoms with Crippen molar-refractivity contribution in [1.29, 1.82) is 0 Å². The third-order valence-corrected chi connectivity index (χ3v) is 5.33. The van der Waals surface area contributed by atoms with Crippen molar-refractivity contribution in [3.63, 3.8) is 0 Å². The summed E-state index contributed by atoms with van der Waals surface area (Å²) in [5.41, 5.74) is -2.29. The average Bonchev–Trinajstić information content (AvgIpc) is 2.64. The van der Waals surface area contributed by atoms with E-state index in [0.29, 0.717) is 0 Å². The van der Waals surface area contributed by atoms with Crippen molar-refractivity contribution in [2.24, 2.45) is 32.5 Å². The third kappa shape index (κ3) is 21.8. The van der Waals surface area contributed by atoms with Crippen LogP contribution in [0, 0.1) is 79.4 Å². The van der Waals surface area contributed by atoms with Gasteiger partial charge in [0, 0.05) is 97.6 Å². The second-order valence-corrected chi connectivity index (χ2v) is 16.2. The third-order valence-electron chi connectivity index (χ3n) is 5.33. The van der Waals surface area contributed by atoms with Gasteiger partial charge >= 0.3 is 0 Å². The molecule has 0 aliphatic rings. The molecule has 0 aliphatic carbocycles. The summed E-state index contributed by atoms with van der Waals surface area (Å²) in [6, 6.07) is 0. The summed E-state index contributed by atoms with van der Waals surface area (Å²) in [4.78, 5) is 34.5. The minimum atomic E-state index is -0.417. The van der Waals surface area contributed by atoms with Crippen LogP contribution in [-0.2, 0) is 14.4 Å². The maximum Gasteiger partial charge on any atom is 0.164 e. The summed E-state index contributed by atoms with van der Waals surface area (Å²) in [7, 11) is 0. The first-order valence-electron chi connectivity index (χ1n) is 13.5. The molecule has 0 fully saturated rings. The molecule has 0 rings (SSSR count). The number of carbonyl (C=O) groups excluding carboxylic acids is 3. The van der Waals surface area contributed by atoms with Gasteiger partial charge in [-0.2, -0.15) is 0 Å². The maximum atomic E-state index is 11.5. The molecule has 6 nitrogen and oxygen atoms in total. The normalized spacial score (nSPS) is 14.1. The van der Waals surface area contributed by atoms with Crippen molar-refractivity contribution in [1.82, 2.24) is 0 Å². The minimum absolute atomic E-state index is 0. The van der Waals surface area contributed by atoms with E-state index in [0.717, 1.165) is 0 Å². The number of aliphatic hydroxyl groups is 3. The Kier molecular flexibility index (Phi) is 19.3. The number of rotatable bonds is 3. The molecule has 0 aliphatic heterocycles. The smallest absolute Gasteiger partial charge is 0.164 e. The van der Waals surface area contributed by atoms with Crippen molar-refractivity contribution in [2.75, 3.05) is 0 Å². The van der Waals surface area contributed by atoms with Crippen LogP contribution in [0.5, 0.6) is 0 Å². The van der Waals surface area contributed by atoms with E-state index in [2.05, 4.69) is 0 Å². The monoisotopic (exact) mass is 726 g/mol. The molecule has 0 amide bonds. The van der Waals surface area contributed by atoms with E-state index < -0.39 is 16.2 Å². The molecule has 0 heterocycles. The molecule has 0 saturated carbocycles. The molecule has 242 valence electrons. The fraction of sp³-hybridized carbons (Fsp3) is 0.727. The predicted molar refractivity (Wildman–Crippen MR) is 164 cm³/mol. The Morgan fingerprint density at radius 2 is 0.475 bits per heavy atom. The molecule has 0 bridgehead atoms. The molecule has 0 aromatic heterocycles. The van der Waals surface area contributed by atoms with Gasteiger partial charge in [0.25, 0.3) is 0 Å². The van der Waals surface area contributed by atoms with Crippen LogP contribution in [-0.4, -0.2) is 32.7 Å². The topological polar surface area (TPSA) is 112 Å². The quantitative estimate of drug-likeness (QED) is 0.198. The van der Waals surface area contributed by atoms with E-state index in [9.17, 15) is 29.7 Å². The molecular formula is C33H60O6Yb. The van der Waals surface area contributed by atoms with Crippen molar-refractivity contribution in [3.8, 4) is 0 Å². The molecule has 40 heavy (non-hydrogen) atoms. The number of hydrogen-bond donors (Lipinski definition) is 3. The second-order valence-electron chi connectivity index (χ2n) is 16.2. The van der Waals surface area contributed by atoms with Gasteiger partial charge in [-0.3, -0.25) is 14.4 Å². The van der Waals surface area contributed by atoms with Crippen LogP contribution in [0.1, 0.15) is 125 Å². The van der Waals surface area contributed by atoms with E-state index in [1.54, 1.807) is 0 Å². The molecule has 0 aromatic rings. The number of hydrogen-bond acceptors (Lipinski definition) is 6. The van der Waals surface area contributed by atoms with Crippen LogP contribution in [0.2, 0.25) is 0 Å². The summed E-state index contributed by atoms with van der Waals surface area (Å²) in [6.07, 6.45) is 4.00. The Hall–Kier alpha value is -0.851. The first kappa shape index (κ1) is 46.1. The zero-order valence-electron chi connectivity index (χ0n) is 28.6. The first-order valence-corrected chi connectivity index (χ1v) is 13.5. The molecule has 0 spiro atoms. The standard InChI is InChI=1S/3C11H20O2.Yb/c3*1-10(2,3)8(12)7-9(13)11(4,5)6;/h3*7,12H,1-6H3;. The summed E-state index contributed by atoms with van der Waals surface area (Å²) in [5, 5.41) is 28.7. The Balaban J connectivity index is -0.000000240. The van der Waals surface area contributed by atoms with Crippen LogP contribution < -0.4 is 0 Å². The Morgan fingerprint density at radius 1 is 0.350 bits per heavy atom. The fourth-order valence-corrected chi connectivity index (χ4v) is 1.67. The van der Waals surface area contributed by atoms with Crippen LogP contribution in [0.4, 0.5) is 0 Å². The summed E-state index contributed by atoms with van der Waals surface area (Å²) >= 11 is 0. The molecule has 0 unspecified atom stereocenters. The molecule has 7 heteroatoms. The second kappa shape index (κ2) is 16.7. The van der Waals surface area contributed by atoms with E-state index in [1.807, 2.05) is 125 Å². The average molecular weight is 726 g/mol. The summed E-state index contributed by atoms with van der Waals surface area (Å²) in [6.45, 7) is 33.3. The van der Waals surface area contributed by atoms with Crippen LogP contribution in [0.25, 0.3) is 0 Å². The number of ketones is 3. The molecular weight excluding hydrogens is 665 g/mol. The van der Waals surface area contributed by atoms with Crippen molar-refractivity contribution < 1.29 is 76.6 Å². The van der Waals surface area contributed by atoms with Gasteiger partial charge in [-0.1, -0.05) is 125 Å². The van der Waals surface area contributed by atoms with Gasteiger partial charge in [0.2, 0.25) is 0 Å². The van der Waals surface area contributed by atoms with Crippen molar-refractivity contribution in [2.45, 2.75) is 125 Å². The van der Waals surface area contributed by atoms with Crippen LogP contribution >= 0.6 is 0 Å². The molecule has 0 aromatic carbocycles. The largest absolute Gasteiger partial charge is 0.512 e. The predicted octanol–water partition coefficient (Wildman–Crippen LogP) is 9.27. The van der Waals surface area contributed by atoms with Gasteiger partial charge in [-0.15, -0.1) is 0 Å². The van der Waals surface area contributed by atoms with Gasteiger partial charge < -0.3 is 15.3 Å². The number of aliphatic hydroxyl groups excluding tert-OH is 3. The van der Waals surface area contributed by atoms with Crippen molar-refractivity contribution in [3.05, 3.63) is 35.5 Å². The Morgan fingerprint density at radius 3 is 0.550 bits per heavy atom. The minimum Gasteiger partial charge on any atom is -0.512 e. The SMILES string of the molecule is CC(C)(C)C(=O)C=C(O)C(C)(C)C.CC(C)(C)C(=O)C=C(O)C(C)(C)C.CC(C)(C)C(=O)C=C(O)C(C)(C)C.[Yb]. The van der Waals surface area contributed by atoms with Crippen LogP contribution in [0.15, 0.2) is 35.5 Å². The van der Waals surface area contributed by atoms with Gasteiger partial charge in [0.1, 0.15) is 17.3 Å². The van der Waals surface area contributed by atoms with E-state index in [4.69, 9.17) is 0 Å². The zero-order valence-corrected chi connectivity index (χ0v) is 30.3. The molecule has 0 atom stereocenters. The molecule has 0 radical (unpaired) electrons. The Labute approximate surface area is 284 Å². The summed E-state index contributed by atoms with van der Waals surface area (Å²) in [5.74, 6) is 0.312. The molecule has 3 N–H and O–H groups in total. The first-order chi connectivity index (χ1) is 16.6. The van der Waals surface area contributed by atoms with Gasteiger partial charge in [0.05, 0.1) is 0 Å². The maximum absolute atomic E-state index is 11.5. The summed E-state index contributed by atoms with van der Waals surface area (Å²) < 4.78 is 0. The zero-order chi connectivity index (χ0) is 32.6. The fourth-order valence-electron chi connectivity index (χ4n) is 1.67. The van der Waals surface area contributed by atoms with Crippen molar-refractivity contribution >= 4 is 17.3 Å². The number of allylic oxidation sites excluding steroid dienone is 6. The van der Waals surface area contributed by atoms with E-state index in [1.165, 1.54) is 18.2 Å².